The Hall–Kier alpha value is -2.03. The third kappa shape index (κ3) is 6.84. The van der Waals surface area contributed by atoms with Crippen molar-refractivity contribution in [1.29, 1.82) is 0 Å². The summed E-state index contributed by atoms with van der Waals surface area (Å²) in [7, 11) is 6.22. The summed E-state index contributed by atoms with van der Waals surface area (Å²) in [5.74, 6) is -1.29. The number of amides is 1. The normalized spacial score (nSPS) is 42.4. The Morgan fingerprint density at radius 1 is 1.06 bits per heavy atom. The fraction of sp³-hybridized carbons (Fsp3) is 0.886. The number of nitroso groups, excluding NO2 is 1. The number of carbonyl (C=O) groups excluding carboxylic acids is 2. The van der Waals surface area contributed by atoms with Crippen molar-refractivity contribution < 1.29 is 23.5 Å². The van der Waals surface area contributed by atoms with E-state index in [4.69, 9.17) is 9.47 Å². The minimum atomic E-state index is -1.26. The molecule has 13 unspecified atom stereocenters. The molecule has 3 N–H and O–H groups in total. The standard InChI is InChI=1S/C35H56FN7O5/c1-41(2)13-5-4-11-37-31-24(36)16-22-32-34(31)48-30-17-26-29(47-28-15-20(40-46)8-9-25(28)39-26)18-27(30)43(32)19-23(33(22)44)35(45)38-12-10-21-7-6-14-42(21)3/h19-22,24-32,34,37,39H,4-18H2,1-3H3,(H,38,45). The molecule has 0 bridgehead atoms. The number of nitrogens with zero attached hydrogens (tertiary/aromatic N) is 4. The van der Waals surface area contributed by atoms with E-state index in [0.717, 1.165) is 58.0 Å². The van der Waals surface area contributed by atoms with Crippen molar-refractivity contribution in [1.82, 2.24) is 30.7 Å². The second-order valence-corrected chi connectivity index (χ2v) is 15.9. The summed E-state index contributed by atoms with van der Waals surface area (Å²) in [6.45, 7) is 3.22. The molecule has 6 fully saturated rings. The number of Topliss-reactive ketones (excluding diaryl/α,β-unsaturated/α-hetero) is 1. The molecule has 4 aliphatic heterocycles. The van der Waals surface area contributed by atoms with Crippen molar-refractivity contribution in [2.24, 2.45) is 11.1 Å². The Labute approximate surface area is 284 Å². The lowest BCUT2D eigenvalue weighted by Crippen LogP contribution is -2.75. The summed E-state index contributed by atoms with van der Waals surface area (Å²) in [5, 5.41) is 13.7. The van der Waals surface area contributed by atoms with E-state index >= 15 is 4.39 Å². The predicted molar refractivity (Wildman–Crippen MR) is 179 cm³/mol. The Balaban J connectivity index is 1.11. The molecule has 0 aromatic rings. The molecule has 1 amide bonds. The zero-order valence-corrected chi connectivity index (χ0v) is 28.9. The fourth-order valence-corrected chi connectivity index (χ4v) is 9.97. The minimum absolute atomic E-state index is 0.0639. The van der Waals surface area contributed by atoms with Gasteiger partial charge < -0.3 is 40.1 Å². The number of hydrogen-bond acceptors (Lipinski definition) is 11. The van der Waals surface area contributed by atoms with E-state index < -0.39 is 24.2 Å². The van der Waals surface area contributed by atoms with Crippen LogP contribution in [-0.2, 0) is 19.1 Å². The Morgan fingerprint density at radius 2 is 1.90 bits per heavy atom. The van der Waals surface area contributed by atoms with Gasteiger partial charge in [0.15, 0.2) is 5.78 Å². The van der Waals surface area contributed by atoms with Gasteiger partial charge in [0.2, 0.25) is 0 Å². The van der Waals surface area contributed by atoms with Crippen LogP contribution in [-0.4, -0.2) is 147 Å². The monoisotopic (exact) mass is 673 g/mol. The molecule has 12 nitrogen and oxygen atoms in total. The Bertz CT molecular complexity index is 1220. The van der Waals surface area contributed by atoms with Gasteiger partial charge in [0.25, 0.3) is 5.91 Å². The highest BCUT2D eigenvalue weighted by Crippen LogP contribution is 2.47. The molecule has 0 spiro atoms. The molecule has 0 aromatic heterocycles. The summed E-state index contributed by atoms with van der Waals surface area (Å²) < 4.78 is 29.8. The second kappa shape index (κ2) is 14.7. The van der Waals surface area contributed by atoms with E-state index in [1.165, 1.54) is 0 Å². The maximum atomic E-state index is 16.2. The number of fused-ring (bicyclic) bond motifs is 4. The lowest BCUT2D eigenvalue weighted by atomic mass is 9.69. The molecular weight excluding hydrogens is 617 g/mol. The second-order valence-electron chi connectivity index (χ2n) is 15.9. The van der Waals surface area contributed by atoms with Gasteiger partial charge in [-0.25, -0.2) is 4.39 Å². The average molecular weight is 674 g/mol. The van der Waals surface area contributed by atoms with Gasteiger partial charge in [-0.1, -0.05) is 5.18 Å². The summed E-state index contributed by atoms with van der Waals surface area (Å²) >= 11 is 0. The third-order valence-electron chi connectivity index (χ3n) is 12.5. The van der Waals surface area contributed by atoms with Gasteiger partial charge in [-0.2, -0.15) is 4.91 Å². The molecule has 13 atom stereocenters. The summed E-state index contributed by atoms with van der Waals surface area (Å²) in [4.78, 5) is 45.7. The third-order valence-corrected chi connectivity index (χ3v) is 12.5. The number of likely N-dealkylation sites (tertiary alicyclic amines) is 1. The van der Waals surface area contributed by atoms with Crippen LogP contribution in [0.15, 0.2) is 16.9 Å². The van der Waals surface area contributed by atoms with Crippen molar-refractivity contribution in [3.8, 4) is 0 Å². The molecule has 13 heteroatoms. The van der Waals surface area contributed by atoms with Crippen LogP contribution >= 0.6 is 0 Å². The minimum Gasteiger partial charge on any atom is -0.372 e. The maximum Gasteiger partial charge on any atom is 0.256 e. The first-order valence-electron chi connectivity index (χ1n) is 18.6. The lowest BCUT2D eigenvalue weighted by Gasteiger charge is -2.61. The van der Waals surface area contributed by atoms with E-state index in [1.807, 2.05) is 0 Å². The molecule has 4 heterocycles. The van der Waals surface area contributed by atoms with Crippen LogP contribution in [0.4, 0.5) is 4.39 Å². The van der Waals surface area contributed by atoms with Crippen LogP contribution < -0.4 is 16.0 Å². The SMILES string of the molecule is CN(C)CCCCNC1C(F)CC2C(=O)C(C(=O)NCCC3CCCN3C)=CN3C4CC5OC6CC(N=O)CCC6NC5CC4OC1C23. The number of hydrogen-bond donors (Lipinski definition) is 3. The number of alkyl halides is 1. The molecule has 7 aliphatic rings. The Kier molecular flexibility index (Phi) is 10.5. The van der Waals surface area contributed by atoms with Gasteiger partial charge in [-0.15, -0.1) is 0 Å². The van der Waals surface area contributed by atoms with Crippen LogP contribution in [0.1, 0.15) is 70.6 Å². The number of morpholine rings is 2. The number of unbranched alkanes of at least 4 members (excludes halogenated alkanes) is 1. The zero-order valence-electron chi connectivity index (χ0n) is 28.9. The summed E-state index contributed by atoms with van der Waals surface area (Å²) in [6.07, 6.45) is 8.36. The number of rotatable bonds is 11. The molecule has 3 saturated heterocycles. The van der Waals surface area contributed by atoms with Crippen molar-refractivity contribution >= 4 is 11.7 Å². The van der Waals surface area contributed by atoms with Crippen LogP contribution in [0.3, 0.4) is 0 Å². The van der Waals surface area contributed by atoms with Crippen molar-refractivity contribution in [3.05, 3.63) is 16.7 Å². The van der Waals surface area contributed by atoms with Crippen molar-refractivity contribution in [3.63, 3.8) is 0 Å². The molecule has 268 valence electrons. The average Bonchev–Trinajstić information content (AvgIpc) is 3.48. The first kappa shape index (κ1) is 34.4. The van der Waals surface area contributed by atoms with E-state index in [1.54, 1.807) is 6.20 Å². The highest BCUT2D eigenvalue weighted by molar-refractivity contribution is 6.20. The van der Waals surface area contributed by atoms with Gasteiger partial charge in [0.05, 0.1) is 54.2 Å². The maximum absolute atomic E-state index is 16.2. The largest absolute Gasteiger partial charge is 0.372 e. The molecule has 0 radical (unpaired) electrons. The van der Waals surface area contributed by atoms with Gasteiger partial charge >= 0.3 is 0 Å². The first-order valence-corrected chi connectivity index (χ1v) is 18.6. The lowest BCUT2D eigenvalue weighted by molar-refractivity contribution is -0.222. The fourth-order valence-electron chi connectivity index (χ4n) is 9.97. The number of ketones is 1. The summed E-state index contributed by atoms with van der Waals surface area (Å²) in [5.41, 5.74) is 0.134. The van der Waals surface area contributed by atoms with Gasteiger partial charge in [-0.3, -0.25) is 9.59 Å². The van der Waals surface area contributed by atoms with E-state index in [9.17, 15) is 14.5 Å². The number of halogens is 1. The molecule has 7 rings (SSSR count). The quantitative estimate of drug-likeness (QED) is 0.170. The topological polar surface area (TPSA) is 128 Å². The van der Waals surface area contributed by atoms with Crippen LogP contribution in [0.5, 0.6) is 0 Å². The highest BCUT2D eigenvalue weighted by Gasteiger charge is 2.60. The van der Waals surface area contributed by atoms with E-state index in [-0.39, 0.29) is 72.2 Å². The molecular formula is C35H56FN7O5. The molecule has 3 aliphatic carbocycles. The van der Waals surface area contributed by atoms with Crippen LogP contribution in [0.25, 0.3) is 0 Å². The number of ether oxygens (including phenoxy) is 2. The molecule has 48 heavy (non-hydrogen) atoms. The van der Waals surface area contributed by atoms with Crippen LogP contribution in [0.2, 0.25) is 0 Å². The van der Waals surface area contributed by atoms with Gasteiger partial charge in [0.1, 0.15) is 6.17 Å². The van der Waals surface area contributed by atoms with Gasteiger partial charge in [-0.05, 0) is 105 Å². The van der Waals surface area contributed by atoms with E-state index in [2.05, 4.69) is 57.0 Å². The number of carbonyl (C=O) groups is 2. The van der Waals surface area contributed by atoms with Crippen LogP contribution in [0, 0.1) is 10.8 Å². The van der Waals surface area contributed by atoms with Crippen molar-refractivity contribution in [2.45, 2.75) is 144 Å². The summed E-state index contributed by atoms with van der Waals surface area (Å²) in [6, 6.07) is -0.521. The number of nitrogens with one attached hydrogen (secondary N) is 3. The highest BCUT2D eigenvalue weighted by atomic mass is 19.1. The van der Waals surface area contributed by atoms with Gasteiger partial charge in [0, 0.05) is 43.2 Å². The Morgan fingerprint density at radius 3 is 2.67 bits per heavy atom. The first-order chi connectivity index (χ1) is 23.2. The van der Waals surface area contributed by atoms with Crippen molar-refractivity contribution in [2.75, 3.05) is 47.3 Å². The van der Waals surface area contributed by atoms with E-state index in [0.29, 0.717) is 38.4 Å². The smallest absolute Gasteiger partial charge is 0.256 e. The zero-order chi connectivity index (χ0) is 33.5. The predicted octanol–water partition coefficient (Wildman–Crippen LogP) is 1.73. The molecule has 3 saturated carbocycles. The molecule has 0 aromatic carbocycles.